The summed E-state index contributed by atoms with van der Waals surface area (Å²) in [5.74, 6) is 0.592. The van der Waals surface area contributed by atoms with Crippen molar-refractivity contribution in [2.45, 2.75) is 38.8 Å². The lowest BCUT2D eigenvalue weighted by atomic mass is 10.0. The van der Waals surface area contributed by atoms with Gasteiger partial charge in [0, 0.05) is 26.2 Å². The number of piperidine rings is 1. The van der Waals surface area contributed by atoms with Gasteiger partial charge < -0.3 is 10.6 Å². The molecule has 0 aromatic heterocycles. The molecule has 0 saturated carbocycles. The lowest BCUT2D eigenvalue weighted by molar-refractivity contribution is 0.157. The molecule has 6 heteroatoms. The van der Waals surface area contributed by atoms with Crippen LogP contribution in [0.25, 0.3) is 0 Å². The second-order valence-electron chi connectivity index (χ2n) is 5.71. The molecule has 0 amide bonds. The summed E-state index contributed by atoms with van der Waals surface area (Å²) in [7, 11) is 1.78. The van der Waals surface area contributed by atoms with Crippen molar-refractivity contribution in [3.05, 3.63) is 35.6 Å². The largest absolute Gasteiger partial charge is 0.355 e. The Balaban J connectivity index is 0.00000264. The van der Waals surface area contributed by atoms with E-state index in [-0.39, 0.29) is 29.8 Å². The van der Waals surface area contributed by atoms with Gasteiger partial charge in [-0.05, 0) is 43.6 Å². The highest BCUT2D eigenvalue weighted by molar-refractivity contribution is 14.0. The zero-order valence-electron chi connectivity index (χ0n) is 14.0. The Morgan fingerprint density at radius 3 is 2.65 bits per heavy atom. The molecule has 1 fully saturated rings. The lowest BCUT2D eigenvalue weighted by Gasteiger charge is -2.35. The molecule has 1 aromatic carbocycles. The molecule has 1 saturated heterocycles. The van der Waals surface area contributed by atoms with Crippen LogP contribution in [0.4, 0.5) is 4.39 Å². The Kier molecular flexibility index (Phi) is 9.47. The van der Waals surface area contributed by atoms with Crippen LogP contribution >= 0.6 is 24.0 Å². The highest BCUT2D eigenvalue weighted by Gasteiger charge is 2.20. The molecular weight excluding hydrogens is 406 g/mol. The zero-order chi connectivity index (χ0) is 15.8. The number of likely N-dealkylation sites (N-methyl/N-ethyl adjacent to an activating group) is 1. The third-order valence-corrected chi connectivity index (χ3v) is 4.26. The van der Waals surface area contributed by atoms with Crippen LogP contribution in [0, 0.1) is 5.82 Å². The average Bonchev–Trinajstić information content (AvgIpc) is 2.57. The van der Waals surface area contributed by atoms with Crippen molar-refractivity contribution in [1.29, 1.82) is 0 Å². The van der Waals surface area contributed by atoms with Crippen LogP contribution in [0.5, 0.6) is 0 Å². The molecule has 1 unspecified atom stereocenters. The fraction of sp³-hybridized carbons (Fsp3) is 0.588. The summed E-state index contributed by atoms with van der Waals surface area (Å²) in [5, 5.41) is 6.68. The van der Waals surface area contributed by atoms with Crippen LogP contribution in [0.15, 0.2) is 29.3 Å². The van der Waals surface area contributed by atoms with Gasteiger partial charge in [0.1, 0.15) is 5.82 Å². The smallest absolute Gasteiger partial charge is 0.191 e. The first-order chi connectivity index (χ1) is 10.7. The molecule has 1 aromatic rings. The Hall–Kier alpha value is -0.890. The van der Waals surface area contributed by atoms with E-state index >= 15 is 0 Å². The molecule has 0 bridgehead atoms. The number of hydrogen-bond donors (Lipinski definition) is 2. The van der Waals surface area contributed by atoms with Gasteiger partial charge in [0.15, 0.2) is 5.96 Å². The number of likely N-dealkylation sites (tertiary alicyclic amines) is 1. The fourth-order valence-electron chi connectivity index (χ4n) is 2.93. The number of rotatable bonds is 5. The van der Waals surface area contributed by atoms with Gasteiger partial charge in [-0.25, -0.2) is 4.39 Å². The van der Waals surface area contributed by atoms with Gasteiger partial charge in [-0.1, -0.05) is 25.5 Å². The normalized spacial score (nSPS) is 19.1. The Morgan fingerprint density at radius 2 is 2.00 bits per heavy atom. The first-order valence-electron chi connectivity index (χ1n) is 8.16. The molecule has 130 valence electrons. The van der Waals surface area contributed by atoms with Crippen LogP contribution in [-0.2, 0) is 6.54 Å². The summed E-state index contributed by atoms with van der Waals surface area (Å²) in [6.45, 7) is 6.08. The van der Waals surface area contributed by atoms with Crippen molar-refractivity contribution < 1.29 is 4.39 Å². The van der Waals surface area contributed by atoms with Gasteiger partial charge in [0.2, 0.25) is 0 Å². The molecule has 1 aliphatic heterocycles. The Labute approximate surface area is 156 Å². The summed E-state index contributed by atoms with van der Waals surface area (Å²) in [4.78, 5) is 6.79. The van der Waals surface area contributed by atoms with Crippen LogP contribution in [0.3, 0.4) is 0 Å². The van der Waals surface area contributed by atoms with Gasteiger partial charge in [0.05, 0.1) is 0 Å². The van der Waals surface area contributed by atoms with E-state index in [1.165, 1.54) is 37.9 Å². The number of hydrogen-bond acceptors (Lipinski definition) is 2. The summed E-state index contributed by atoms with van der Waals surface area (Å²) in [5.41, 5.74) is 1.04. The summed E-state index contributed by atoms with van der Waals surface area (Å²) in [6.07, 6.45) is 3.86. The third kappa shape index (κ3) is 6.63. The predicted molar refractivity (Wildman–Crippen MR) is 105 cm³/mol. The monoisotopic (exact) mass is 434 g/mol. The average molecular weight is 434 g/mol. The standard InChI is InChI=1S/C17H27FN4.HI/c1-3-22-11-5-4-6-16(22)13-21-17(19-2)20-12-14-7-9-15(18)10-8-14;/h7-10,16H,3-6,11-13H2,1-2H3,(H2,19,20,21);1H. The Bertz CT molecular complexity index is 478. The molecule has 2 rings (SSSR count). The topological polar surface area (TPSA) is 39.7 Å². The van der Waals surface area contributed by atoms with Crippen molar-refractivity contribution in [3.8, 4) is 0 Å². The van der Waals surface area contributed by atoms with Gasteiger partial charge in [-0.3, -0.25) is 9.89 Å². The fourth-order valence-corrected chi connectivity index (χ4v) is 2.93. The quantitative estimate of drug-likeness (QED) is 0.425. The molecule has 4 nitrogen and oxygen atoms in total. The van der Waals surface area contributed by atoms with Crippen molar-refractivity contribution in [1.82, 2.24) is 15.5 Å². The van der Waals surface area contributed by atoms with Crippen LogP contribution in [0.2, 0.25) is 0 Å². The van der Waals surface area contributed by atoms with E-state index < -0.39 is 0 Å². The second-order valence-corrected chi connectivity index (χ2v) is 5.71. The number of nitrogens with one attached hydrogen (secondary N) is 2. The van der Waals surface area contributed by atoms with Crippen molar-refractivity contribution in [2.75, 3.05) is 26.7 Å². The minimum Gasteiger partial charge on any atom is -0.355 e. The maximum atomic E-state index is 12.9. The maximum Gasteiger partial charge on any atom is 0.191 e. The molecule has 0 aliphatic carbocycles. The van der Waals surface area contributed by atoms with Gasteiger partial charge >= 0.3 is 0 Å². The molecule has 0 radical (unpaired) electrons. The molecule has 23 heavy (non-hydrogen) atoms. The van der Waals surface area contributed by atoms with Crippen LogP contribution in [-0.4, -0.2) is 43.6 Å². The van der Waals surface area contributed by atoms with Crippen molar-refractivity contribution in [3.63, 3.8) is 0 Å². The van der Waals surface area contributed by atoms with Crippen LogP contribution in [0.1, 0.15) is 31.7 Å². The number of aliphatic imine (C=N–C) groups is 1. The molecule has 1 heterocycles. The molecule has 1 aliphatic rings. The third-order valence-electron chi connectivity index (χ3n) is 4.26. The highest BCUT2D eigenvalue weighted by atomic mass is 127. The first-order valence-corrected chi connectivity index (χ1v) is 8.16. The first kappa shape index (κ1) is 20.2. The molecule has 1 atom stereocenters. The van der Waals surface area contributed by atoms with Gasteiger partial charge in [0.25, 0.3) is 0 Å². The summed E-state index contributed by atoms with van der Waals surface area (Å²) < 4.78 is 12.9. The van der Waals surface area contributed by atoms with E-state index in [9.17, 15) is 4.39 Å². The minimum atomic E-state index is -0.205. The van der Waals surface area contributed by atoms with Crippen molar-refractivity contribution in [2.24, 2.45) is 4.99 Å². The van der Waals surface area contributed by atoms with E-state index in [0.717, 1.165) is 24.6 Å². The molecular formula is C17H28FIN4. The SMILES string of the molecule is CCN1CCCCC1CNC(=NC)NCc1ccc(F)cc1.I. The molecule has 0 spiro atoms. The van der Waals surface area contributed by atoms with E-state index in [1.807, 2.05) is 0 Å². The van der Waals surface area contributed by atoms with Crippen LogP contribution < -0.4 is 10.6 Å². The predicted octanol–water partition coefficient (Wildman–Crippen LogP) is 2.98. The number of halogens is 2. The summed E-state index contributed by atoms with van der Waals surface area (Å²) in [6, 6.07) is 7.12. The lowest BCUT2D eigenvalue weighted by Crippen LogP contribution is -2.48. The number of benzene rings is 1. The number of nitrogens with zero attached hydrogens (tertiary/aromatic N) is 2. The second kappa shape index (κ2) is 10.8. The van der Waals surface area contributed by atoms with Gasteiger partial charge in [-0.15, -0.1) is 24.0 Å². The highest BCUT2D eigenvalue weighted by Crippen LogP contribution is 2.15. The van der Waals surface area contributed by atoms with Gasteiger partial charge in [-0.2, -0.15) is 0 Å². The van der Waals surface area contributed by atoms with Crippen molar-refractivity contribution >= 4 is 29.9 Å². The maximum absolute atomic E-state index is 12.9. The van der Waals surface area contributed by atoms with E-state index in [1.54, 1.807) is 19.2 Å². The minimum absolute atomic E-state index is 0. The summed E-state index contributed by atoms with van der Waals surface area (Å²) >= 11 is 0. The zero-order valence-corrected chi connectivity index (χ0v) is 16.3. The number of guanidine groups is 1. The van der Waals surface area contributed by atoms with E-state index in [4.69, 9.17) is 0 Å². The van der Waals surface area contributed by atoms with E-state index in [2.05, 4.69) is 27.4 Å². The molecule has 2 N–H and O–H groups in total. The van der Waals surface area contributed by atoms with E-state index in [0.29, 0.717) is 12.6 Å². The Morgan fingerprint density at radius 1 is 1.26 bits per heavy atom.